The maximum atomic E-state index is 12.3. The molecule has 0 spiro atoms. The summed E-state index contributed by atoms with van der Waals surface area (Å²) in [6, 6.07) is 1.91. The van der Waals surface area contributed by atoms with Crippen molar-refractivity contribution in [2.24, 2.45) is 0 Å². The predicted octanol–water partition coefficient (Wildman–Crippen LogP) is 1.74. The molecule has 0 atom stereocenters. The zero-order valence-corrected chi connectivity index (χ0v) is 13.3. The van der Waals surface area contributed by atoms with Crippen LogP contribution in [0.3, 0.4) is 0 Å². The van der Waals surface area contributed by atoms with Gasteiger partial charge in [0.2, 0.25) is 0 Å². The standard InChI is InChI=1S/C13H24N4O.ClH/c1-6-17-12(9-11(15-17)10(2)3)13(18)16(5)8-7-14-4;/h9-10,14H,6-8H2,1-5H3;1H. The lowest BCUT2D eigenvalue weighted by atomic mass is 10.1. The number of halogens is 1. The fourth-order valence-corrected chi connectivity index (χ4v) is 1.71. The number of amides is 1. The number of hydrogen-bond donors (Lipinski definition) is 1. The lowest BCUT2D eigenvalue weighted by Crippen LogP contribution is -2.34. The van der Waals surface area contributed by atoms with E-state index in [0.717, 1.165) is 12.2 Å². The van der Waals surface area contributed by atoms with Gasteiger partial charge in [-0.2, -0.15) is 5.10 Å². The van der Waals surface area contributed by atoms with Gasteiger partial charge in [0.15, 0.2) is 0 Å². The Morgan fingerprint density at radius 2 is 2.16 bits per heavy atom. The molecule has 0 aliphatic heterocycles. The average Bonchev–Trinajstić information content (AvgIpc) is 2.79. The van der Waals surface area contributed by atoms with Crippen LogP contribution in [0.15, 0.2) is 6.07 Å². The first kappa shape index (κ1) is 17.9. The molecule has 0 aliphatic carbocycles. The van der Waals surface area contributed by atoms with Crippen molar-refractivity contribution in [3.05, 3.63) is 17.5 Å². The first-order chi connectivity index (χ1) is 8.51. The third-order valence-corrected chi connectivity index (χ3v) is 2.95. The summed E-state index contributed by atoms with van der Waals surface area (Å²) in [6.07, 6.45) is 0. The quantitative estimate of drug-likeness (QED) is 0.867. The fraction of sp³-hybridized carbons (Fsp3) is 0.692. The van der Waals surface area contributed by atoms with Gasteiger partial charge in [0.25, 0.3) is 5.91 Å². The SMILES string of the molecule is CCn1nc(C(C)C)cc1C(=O)N(C)CCNC.Cl. The second-order valence-corrected chi connectivity index (χ2v) is 4.76. The van der Waals surface area contributed by atoms with Gasteiger partial charge in [0, 0.05) is 26.7 Å². The van der Waals surface area contributed by atoms with Crippen molar-refractivity contribution in [3.63, 3.8) is 0 Å². The van der Waals surface area contributed by atoms with Crippen molar-refractivity contribution in [3.8, 4) is 0 Å². The number of aryl methyl sites for hydroxylation is 1. The average molecular weight is 289 g/mol. The molecule has 19 heavy (non-hydrogen) atoms. The highest BCUT2D eigenvalue weighted by atomic mass is 35.5. The number of aromatic nitrogens is 2. The molecule has 1 rings (SSSR count). The summed E-state index contributed by atoms with van der Waals surface area (Å²) in [7, 11) is 3.70. The molecule has 0 saturated carbocycles. The van der Waals surface area contributed by atoms with E-state index in [1.54, 1.807) is 9.58 Å². The largest absolute Gasteiger partial charge is 0.339 e. The van der Waals surface area contributed by atoms with Gasteiger partial charge in [-0.05, 0) is 26.0 Å². The molecule has 1 N–H and O–H groups in total. The van der Waals surface area contributed by atoms with E-state index in [-0.39, 0.29) is 18.3 Å². The van der Waals surface area contributed by atoms with E-state index in [1.165, 1.54) is 0 Å². The van der Waals surface area contributed by atoms with Crippen LogP contribution < -0.4 is 5.32 Å². The maximum Gasteiger partial charge on any atom is 0.271 e. The van der Waals surface area contributed by atoms with Gasteiger partial charge in [-0.25, -0.2) is 0 Å². The summed E-state index contributed by atoms with van der Waals surface area (Å²) in [5, 5.41) is 7.51. The molecule has 0 saturated heterocycles. The van der Waals surface area contributed by atoms with Crippen LogP contribution >= 0.6 is 12.4 Å². The number of carbonyl (C=O) groups is 1. The minimum atomic E-state index is 0. The van der Waals surface area contributed by atoms with Crippen molar-refractivity contribution < 1.29 is 4.79 Å². The Balaban J connectivity index is 0.00000324. The second kappa shape index (κ2) is 8.17. The van der Waals surface area contributed by atoms with E-state index in [0.29, 0.717) is 24.7 Å². The highest BCUT2D eigenvalue weighted by Crippen LogP contribution is 2.15. The molecule has 0 radical (unpaired) electrons. The lowest BCUT2D eigenvalue weighted by Gasteiger charge is -2.17. The van der Waals surface area contributed by atoms with Crippen LogP contribution in [0.1, 0.15) is 42.9 Å². The third kappa shape index (κ3) is 4.51. The molecule has 5 nitrogen and oxygen atoms in total. The Bertz CT molecular complexity index is 403. The van der Waals surface area contributed by atoms with E-state index in [9.17, 15) is 4.79 Å². The minimum Gasteiger partial charge on any atom is -0.339 e. The normalized spacial score (nSPS) is 10.4. The van der Waals surface area contributed by atoms with E-state index in [4.69, 9.17) is 0 Å². The zero-order valence-electron chi connectivity index (χ0n) is 12.4. The van der Waals surface area contributed by atoms with Crippen LogP contribution in [-0.2, 0) is 6.54 Å². The highest BCUT2D eigenvalue weighted by Gasteiger charge is 2.18. The summed E-state index contributed by atoms with van der Waals surface area (Å²) in [6.45, 7) is 8.37. The van der Waals surface area contributed by atoms with Gasteiger partial charge in [-0.1, -0.05) is 13.8 Å². The van der Waals surface area contributed by atoms with Crippen LogP contribution in [0.2, 0.25) is 0 Å². The topological polar surface area (TPSA) is 50.2 Å². The Morgan fingerprint density at radius 3 is 2.63 bits per heavy atom. The summed E-state index contributed by atoms with van der Waals surface area (Å²) in [5.74, 6) is 0.374. The highest BCUT2D eigenvalue weighted by molar-refractivity contribution is 5.92. The van der Waals surface area contributed by atoms with Crippen LogP contribution in [0.25, 0.3) is 0 Å². The predicted molar refractivity (Wildman–Crippen MR) is 80.1 cm³/mol. The number of nitrogens with one attached hydrogen (secondary N) is 1. The Labute approximate surface area is 121 Å². The monoisotopic (exact) mass is 288 g/mol. The van der Waals surface area contributed by atoms with Gasteiger partial charge < -0.3 is 10.2 Å². The van der Waals surface area contributed by atoms with E-state index in [1.807, 2.05) is 27.1 Å². The maximum absolute atomic E-state index is 12.3. The molecule has 1 aromatic heterocycles. The summed E-state index contributed by atoms with van der Waals surface area (Å²) in [5.41, 5.74) is 1.65. The number of nitrogens with zero attached hydrogens (tertiary/aromatic N) is 3. The van der Waals surface area contributed by atoms with Crippen molar-refractivity contribution in [2.45, 2.75) is 33.2 Å². The van der Waals surface area contributed by atoms with Gasteiger partial charge in [-0.3, -0.25) is 9.48 Å². The number of hydrogen-bond acceptors (Lipinski definition) is 3. The van der Waals surface area contributed by atoms with Crippen LogP contribution in [0.5, 0.6) is 0 Å². The first-order valence-corrected chi connectivity index (χ1v) is 6.49. The molecule has 1 aromatic rings. The summed E-state index contributed by atoms with van der Waals surface area (Å²) >= 11 is 0. The van der Waals surface area contributed by atoms with Crippen molar-refractivity contribution in [2.75, 3.05) is 27.2 Å². The van der Waals surface area contributed by atoms with Gasteiger partial charge in [0.1, 0.15) is 5.69 Å². The molecule has 0 unspecified atom stereocenters. The summed E-state index contributed by atoms with van der Waals surface area (Å²) < 4.78 is 1.79. The fourth-order valence-electron chi connectivity index (χ4n) is 1.71. The molecule has 0 fully saturated rings. The van der Waals surface area contributed by atoms with Crippen molar-refractivity contribution in [1.29, 1.82) is 0 Å². The molecule has 110 valence electrons. The Morgan fingerprint density at radius 1 is 1.53 bits per heavy atom. The molecular formula is C13H25ClN4O. The first-order valence-electron chi connectivity index (χ1n) is 6.49. The Kier molecular flexibility index (Phi) is 7.71. The van der Waals surface area contributed by atoms with Crippen molar-refractivity contribution in [1.82, 2.24) is 20.0 Å². The number of likely N-dealkylation sites (N-methyl/N-ethyl adjacent to an activating group) is 2. The Hall–Kier alpha value is -1.07. The minimum absolute atomic E-state index is 0. The molecule has 1 heterocycles. The third-order valence-electron chi connectivity index (χ3n) is 2.95. The summed E-state index contributed by atoms with van der Waals surface area (Å²) in [4.78, 5) is 14.0. The second-order valence-electron chi connectivity index (χ2n) is 4.76. The van der Waals surface area contributed by atoms with Crippen LogP contribution in [0, 0.1) is 0 Å². The van der Waals surface area contributed by atoms with Crippen molar-refractivity contribution >= 4 is 18.3 Å². The van der Waals surface area contributed by atoms with E-state index < -0.39 is 0 Å². The molecule has 0 bridgehead atoms. The van der Waals surface area contributed by atoms with E-state index >= 15 is 0 Å². The van der Waals surface area contributed by atoms with Gasteiger partial charge in [0.05, 0.1) is 5.69 Å². The lowest BCUT2D eigenvalue weighted by molar-refractivity contribution is 0.0784. The van der Waals surface area contributed by atoms with Crippen LogP contribution in [0.4, 0.5) is 0 Å². The molecule has 6 heteroatoms. The zero-order chi connectivity index (χ0) is 13.7. The number of carbonyl (C=O) groups excluding carboxylic acids is 1. The van der Waals surface area contributed by atoms with Gasteiger partial charge in [-0.15, -0.1) is 12.4 Å². The molecule has 0 aromatic carbocycles. The van der Waals surface area contributed by atoms with Crippen LogP contribution in [-0.4, -0.2) is 47.8 Å². The molecule has 1 amide bonds. The number of rotatable bonds is 6. The van der Waals surface area contributed by atoms with E-state index in [2.05, 4.69) is 24.3 Å². The van der Waals surface area contributed by atoms with Gasteiger partial charge >= 0.3 is 0 Å². The molecule has 0 aliphatic rings. The smallest absolute Gasteiger partial charge is 0.271 e. The molecular weight excluding hydrogens is 264 g/mol.